The molecule has 1 saturated heterocycles. The van der Waals surface area contributed by atoms with E-state index in [4.69, 9.17) is 8.84 Å². The zero-order chi connectivity index (χ0) is 22.7. The van der Waals surface area contributed by atoms with Crippen LogP contribution in [0.5, 0.6) is 0 Å². The third kappa shape index (κ3) is 3.78. The Kier molecular flexibility index (Phi) is 5.03. The summed E-state index contributed by atoms with van der Waals surface area (Å²) in [5.74, 6) is 0. The molecule has 2 aromatic heterocycles. The first-order chi connectivity index (χ1) is 15.1. The number of benzene rings is 2. The summed E-state index contributed by atoms with van der Waals surface area (Å²) >= 11 is 1.51. The molecule has 3 heterocycles. The lowest BCUT2D eigenvalue weighted by Gasteiger charge is -2.47. The lowest BCUT2D eigenvalue weighted by Crippen LogP contribution is -2.57. The third-order valence-corrected chi connectivity index (χ3v) is 12.3. The van der Waals surface area contributed by atoms with Crippen LogP contribution in [-0.4, -0.2) is 32.5 Å². The van der Waals surface area contributed by atoms with Gasteiger partial charge in [-0.2, -0.15) is 0 Å². The molecular formula is C25H28N2O3SSi. The maximum atomic E-state index is 12.7. The number of aromatic nitrogens is 1. The average Bonchev–Trinajstić information content (AvgIpc) is 3.12. The van der Waals surface area contributed by atoms with Gasteiger partial charge in [-0.05, 0) is 48.5 Å². The second-order valence-corrected chi connectivity index (χ2v) is 15.8. The van der Waals surface area contributed by atoms with Crippen LogP contribution in [0.25, 0.3) is 31.8 Å². The molecule has 0 bridgehead atoms. The summed E-state index contributed by atoms with van der Waals surface area (Å²) in [6, 6.07) is 15.9. The molecule has 0 spiro atoms. The molecule has 0 N–H and O–H groups in total. The lowest BCUT2D eigenvalue weighted by molar-refractivity contribution is 0.149. The molecule has 5 rings (SSSR count). The number of anilines is 1. The Bertz CT molecular complexity index is 1330. The van der Waals surface area contributed by atoms with Crippen molar-refractivity contribution in [2.45, 2.75) is 45.0 Å². The Labute approximate surface area is 192 Å². The van der Waals surface area contributed by atoms with E-state index >= 15 is 0 Å². The zero-order valence-corrected chi connectivity index (χ0v) is 21.0. The highest BCUT2D eigenvalue weighted by Gasteiger charge is 2.42. The van der Waals surface area contributed by atoms with Crippen LogP contribution < -0.4 is 10.5 Å². The van der Waals surface area contributed by atoms with E-state index in [1.807, 2.05) is 42.5 Å². The number of hydrogen-bond acceptors (Lipinski definition) is 6. The van der Waals surface area contributed by atoms with Gasteiger partial charge in [0.25, 0.3) is 0 Å². The molecule has 0 aliphatic carbocycles. The first kappa shape index (κ1) is 21.4. The van der Waals surface area contributed by atoms with E-state index in [2.05, 4.69) is 49.8 Å². The summed E-state index contributed by atoms with van der Waals surface area (Å²) < 4.78 is 13.3. The molecule has 1 fully saturated rings. The molecule has 0 unspecified atom stereocenters. The van der Waals surface area contributed by atoms with E-state index in [0.717, 1.165) is 34.4 Å². The standard InChI is InChI=1S/C25H28N2O3SSi/c1-25(2,3)32(4,5)30-18-14-27(15-18)17-11-10-16-12-19(24(28)29-21(16)13-17)23-26-20-8-6-7-9-22(20)31-23/h6-13,18H,14-15H2,1-5H3. The topological polar surface area (TPSA) is 55.6 Å². The Balaban J connectivity index is 1.37. The fourth-order valence-electron chi connectivity index (χ4n) is 3.75. The normalized spacial score (nSPS) is 15.5. The van der Waals surface area contributed by atoms with Gasteiger partial charge in [-0.3, -0.25) is 0 Å². The van der Waals surface area contributed by atoms with Crippen molar-refractivity contribution in [3.63, 3.8) is 0 Å². The molecule has 1 aliphatic rings. The molecule has 0 saturated carbocycles. The van der Waals surface area contributed by atoms with Crippen LogP contribution in [0.1, 0.15) is 20.8 Å². The quantitative estimate of drug-likeness (QED) is 0.263. The molecule has 166 valence electrons. The summed E-state index contributed by atoms with van der Waals surface area (Å²) in [6.45, 7) is 13.1. The van der Waals surface area contributed by atoms with Gasteiger partial charge >= 0.3 is 5.63 Å². The van der Waals surface area contributed by atoms with Crippen molar-refractivity contribution in [2.24, 2.45) is 0 Å². The SMILES string of the molecule is CC(C)(C)[Si](C)(C)OC1CN(c2ccc3cc(-c4nc5ccccc5s4)c(=O)oc3c2)C1. The van der Waals surface area contributed by atoms with Gasteiger partial charge in [-0.25, -0.2) is 9.78 Å². The minimum Gasteiger partial charge on any atom is -0.422 e. The smallest absolute Gasteiger partial charge is 0.346 e. The van der Waals surface area contributed by atoms with Crippen molar-refractivity contribution in [3.8, 4) is 10.6 Å². The predicted octanol–water partition coefficient (Wildman–Crippen LogP) is 6.28. The van der Waals surface area contributed by atoms with Crippen LogP contribution in [0.2, 0.25) is 18.1 Å². The van der Waals surface area contributed by atoms with E-state index < -0.39 is 8.32 Å². The van der Waals surface area contributed by atoms with Gasteiger partial charge in [0.1, 0.15) is 10.6 Å². The summed E-state index contributed by atoms with van der Waals surface area (Å²) in [7, 11) is -1.76. The van der Waals surface area contributed by atoms with Gasteiger partial charge in [0, 0.05) is 30.2 Å². The Morgan fingerprint density at radius 2 is 1.88 bits per heavy atom. The van der Waals surface area contributed by atoms with Crippen LogP contribution in [0.15, 0.2) is 57.7 Å². The molecule has 0 radical (unpaired) electrons. The number of hydrogen-bond donors (Lipinski definition) is 0. The summed E-state index contributed by atoms with van der Waals surface area (Å²) in [5, 5.41) is 1.80. The first-order valence-electron chi connectivity index (χ1n) is 11.0. The molecule has 0 amide bonds. The highest BCUT2D eigenvalue weighted by atomic mass is 32.1. The average molecular weight is 465 g/mol. The molecule has 0 atom stereocenters. The number of rotatable bonds is 4. The second kappa shape index (κ2) is 7.54. The van der Waals surface area contributed by atoms with E-state index in [-0.39, 0.29) is 16.8 Å². The Morgan fingerprint density at radius 1 is 1.12 bits per heavy atom. The van der Waals surface area contributed by atoms with Crippen molar-refractivity contribution >= 4 is 46.5 Å². The van der Waals surface area contributed by atoms with Crippen LogP contribution in [0.4, 0.5) is 5.69 Å². The monoisotopic (exact) mass is 464 g/mol. The van der Waals surface area contributed by atoms with Crippen molar-refractivity contribution in [3.05, 3.63) is 59.0 Å². The van der Waals surface area contributed by atoms with E-state index in [0.29, 0.717) is 16.2 Å². The third-order valence-electron chi connectivity index (χ3n) is 6.72. The largest absolute Gasteiger partial charge is 0.422 e. The van der Waals surface area contributed by atoms with Crippen molar-refractivity contribution in [1.82, 2.24) is 4.98 Å². The highest BCUT2D eigenvalue weighted by molar-refractivity contribution is 7.21. The Hall–Kier alpha value is -2.48. The van der Waals surface area contributed by atoms with E-state index in [9.17, 15) is 4.79 Å². The molecule has 32 heavy (non-hydrogen) atoms. The molecule has 4 aromatic rings. The fourth-order valence-corrected chi connectivity index (χ4v) is 6.06. The minimum absolute atomic E-state index is 0.209. The number of nitrogens with zero attached hydrogens (tertiary/aromatic N) is 2. The molecule has 7 heteroatoms. The first-order valence-corrected chi connectivity index (χ1v) is 14.7. The maximum absolute atomic E-state index is 12.7. The van der Waals surface area contributed by atoms with Gasteiger partial charge < -0.3 is 13.7 Å². The molecule has 5 nitrogen and oxygen atoms in total. The van der Waals surface area contributed by atoms with Crippen molar-refractivity contribution in [2.75, 3.05) is 18.0 Å². The van der Waals surface area contributed by atoms with Gasteiger partial charge in [0.2, 0.25) is 0 Å². The Morgan fingerprint density at radius 3 is 2.59 bits per heavy atom. The summed E-state index contributed by atoms with van der Waals surface area (Å²) in [4.78, 5) is 19.6. The van der Waals surface area contributed by atoms with Gasteiger partial charge in [0.05, 0.1) is 21.9 Å². The molecular weight excluding hydrogens is 436 g/mol. The van der Waals surface area contributed by atoms with Gasteiger partial charge in [-0.15, -0.1) is 11.3 Å². The highest BCUT2D eigenvalue weighted by Crippen LogP contribution is 2.39. The number of thiazole rings is 1. The summed E-state index contributed by atoms with van der Waals surface area (Å²) in [5.41, 5.74) is 2.72. The van der Waals surface area contributed by atoms with E-state index in [1.54, 1.807) is 0 Å². The van der Waals surface area contributed by atoms with Gasteiger partial charge in [-0.1, -0.05) is 32.9 Å². The second-order valence-electron chi connectivity index (χ2n) is 10.1. The van der Waals surface area contributed by atoms with Crippen LogP contribution >= 0.6 is 11.3 Å². The fraction of sp³-hybridized carbons (Fsp3) is 0.360. The summed E-state index contributed by atoms with van der Waals surface area (Å²) in [6.07, 6.45) is 0.264. The van der Waals surface area contributed by atoms with Crippen LogP contribution in [-0.2, 0) is 4.43 Å². The maximum Gasteiger partial charge on any atom is 0.346 e. The lowest BCUT2D eigenvalue weighted by atomic mass is 10.1. The molecule has 1 aliphatic heterocycles. The van der Waals surface area contributed by atoms with Crippen molar-refractivity contribution < 1.29 is 8.84 Å². The minimum atomic E-state index is -1.76. The van der Waals surface area contributed by atoms with E-state index in [1.165, 1.54) is 11.3 Å². The van der Waals surface area contributed by atoms with Crippen molar-refractivity contribution in [1.29, 1.82) is 0 Å². The van der Waals surface area contributed by atoms with Crippen LogP contribution in [0, 0.1) is 0 Å². The zero-order valence-electron chi connectivity index (χ0n) is 19.1. The van der Waals surface area contributed by atoms with Gasteiger partial charge in [0.15, 0.2) is 8.32 Å². The number of para-hydroxylation sites is 1. The number of fused-ring (bicyclic) bond motifs is 2. The predicted molar refractivity (Wildman–Crippen MR) is 135 cm³/mol. The van der Waals surface area contributed by atoms with Crippen LogP contribution in [0.3, 0.4) is 0 Å². The molecule has 2 aromatic carbocycles.